The molecule has 0 saturated heterocycles. The summed E-state index contributed by atoms with van der Waals surface area (Å²) in [4.78, 5) is 23.7. The van der Waals surface area contributed by atoms with Crippen LogP contribution in [0.2, 0.25) is 0 Å². The van der Waals surface area contributed by atoms with Gasteiger partial charge in [-0.2, -0.15) is 4.72 Å². The number of nitrogens with one attached hydrogen (secondary N) is 2. The van der Waals surface area contributed by atoms with Crippen molar-refractivity contribution in [2.45, 2.75) is 24.8 Å². The molecule has 2 aromatic rings. The monoisotopic (exact) mass is 394 g/mol. The molecule has 0 bridgehead atoms. The first-order valence-electron chi connectivity index (χ1n) is 7.99. The fraction of sp³-hybridized carbons (Fsp3) is 0.222. The number of hydrogen-bond donors (Lipinski definition) is 2. The molecule has 0 aliphatic rings. The smallest absolute Gasteiger partial charge is 0.321 e. The number of sulfonamides is 1. The van der Waals surface area contributed by atoms with Gasteiger partial charge in [-0.1, -0.05) is 12.1 Å². The van der Waals surface area contributed by atoms with Crippen LogP contribution >= 0.6 is 0 Å². The summed E-state index contributed by atoms with van der Waals surface area (Å²) in [6.45, 7) is 2.58. The summed E-state index contributed by atoms with van der Waals surface area (Å²) in [5, 5.41) is 2.60. The Hall–Kier alpha value is -2.78. The largest absolute Gasteiger partial charge is 0.452 e. The number of amides is 1. The lowest BCUT2D eigenvalue weighted by Crippen LogP contribution is -2.35. The third-order valence-electron chi connectivity index (χ3n) is 3.49. The summed E-state index contributed by atoms with van der Waals surface area (Å²) in [5.74, 6) is -2.05. The van der Waals surface area contributed by atoms with Crippen molar-refractivity contribution in [3.63, 3.8) is 0 Å². The van der Waals surface area contributed by atoms with E-state index in [1.165, 1.54) is 6.92 Å². The molecule has 0 heterocycles. The summed E-state index contributed by atoms with van der Waals surface area (Å²) < 4.78 is 43.9. The lowest BCUT2D eigenvalue weighted by molar-refractivity contribution is -0.151. The van der Waals surface area contributed by atoms with E-state index in [2.05, 4.69) is 5.32 Å². The average molecular weight is 394 g/mol. The van der Waals surface area contributed by atoms with Gasteiger partial charge in [-0.05, 0) is 55.8 Å². The molecular formula is C18H19FN2O5S. The van der Waals surface area contributed by atoms with Crippen molar-refractivity contribution in [2.75, 3.05) is 11.9 Å². The first-order chi connectivity index (χ1) is 12.7. The van der Waals surface area contributed by atoms with E-state index in [-0.39, 0.29) is 4.90 Å². The lowest BCUT2D eigenvalue weighted by Gasteiger charge is -2.14. The van der Waals surface area contributed by atoms with Gasteiger partial charge in [-0.15, -0.1) is 0 Å². The number of halogens is 1. The number of ether oxygens (including phenoxy) is 1. The minimum absolute atomic E-state index is 0.193. The molecular weight excluding hydrogens is 375 g/mol. The zero-order valence-electron chi connectivity index (χ0n) is 14.7. The van der Waals surface area contributed by atoms with E-state index in [0.717, 1.165) is 29.8 Å². The van der Waals surface area contributed by atoms with E-state index < -0.39 is 40.4 Å². The van der Waals surface area contributed by atoms with Crippen LogP contribution < -0.4 is 10.0 Å². The zero-order valence-corrected chi connectivity index (χ0v) is 15.5. The van der Waals surface area contributed by atoms with Crippen LogP contribution in [0.25, 0.3) is 0 Å². The molecule has 0 saturated carbocycles. The molecule has 144 valence electrons. The lowest BCUT2D eigenvalue weighted by atomic mass is 10.2. The maximum atomic E-state index is 12.9. The van der Waals surface area contributed by atoms with Crippen LogP contribution in [0.5, 0.6) is 0 Å². The first kappa shape index (κ1) is 20.5. The van der Waals surface area contributed by atoms with Crippen LogP contribution in [0.1, 0.15) is 12.5 Å². The van der Waals surface area contributed by atoms with Gasteiger partial charge in [0.25, 0.3) is 5.91 Å². The second-order valence-electron chi connectivity index (χ2n) is 5.77. The van der Waals surface area contributed by atoms with Crippen LogP contribution in [0.4, 0.5) is 10.1 Å². The Balaban J connectivity index is 1.87. The molecule has 7 nitrogen and oxygen atoms in total. The Labute approximate surface area is 156 Å². The van der Waals surface area contributed by atoms with Crippen molar-refractivity contribution in [1.82, 2.24) is 4.72 Å². The molecule has 2 N–H and O–H groups in total. The van der Waals surface area contributed by atoms with Gasteiger partial charge >= 0.3 is 5.97 Å². The van der Waals surface area contributed by atoms with E-state index in [4.69, 9.17) is 4.74 Å². The fourth-order valence-electron chi connectivity index (χ4n) is 2.11. The highest BCUT2D eigenvalue weighted by Gasteiger charge is 2.20. The van der Waals surface area contributed by atoms with Crippen LogP contribution in [-0.4, -0.2) is 32.9 Å². The standard InChI is InChI=1S/C18H19FN2O5S/c1-12-4-3-5-15(10-12)21-18(23)13(2)26-17(22)11-20-27(24,25)16-8-6-14(19)7-9-16/h3-10,13,20H,11H2,1-2H3,(H,21,23)/t13-/m0/s1. The van der Waals surface area contributed by atoms with Gasteiger partial charge < -0.3 is 10.1 Å². The van der Waals surface area contributed by atoms with Crippen LogP contribution in [0.3, 0.4) is 0 Å². The highest BCUT2D eigenvalue weighted by atomic mass is 32.2. The van der Waals surface area contributed by atoms with E-state index >= 15 is 0 Å². The Kier molecular flexibility index (Phi) is 6.65. The van der Waals surface area contributed by atoms with Gasteiger partial charge in [0.2, 0.25) is 10.0 Å². The topological polar surface area (TPSA) is 102 Å². The summed E-state index contributed by atoms with van der Waals surface area (Å²) in [6.07, 6.45) is -1.12. The van der Waals surface area contributed by atoms with Crippen molar-refractivity contribution in [2.24, 2.45) is 0 Å². The minimum Gasteiger partial charge on any atom is -0.452 e. The number of aryl methyl sites for hydroxylation is 1. The number of benzene rings is 2. The van der Waals surface area contributed by atoms with Crippen LogP contribution in [-0.2, 0) is 24.3 Å². The van der Waals surface area contributed by atoms with Gasteiger partial charge in [0, 0.05) is 5.69 Å². The number of hydrogen-bond acceptors (Lipinski definition) is 5. The Morgan fingerprint density at radius 1 is 1.15 bits per heavy atom. The van der Waals surface area contributed by atoms with Crippen molar-refractivity contribution in [3.05, 3.63) is 59.9 Å². The third kappa shape index (κ3) is 6.15. The first-order valence-corrected chi connectivity index (χ1v) is 9.48. The number of carbonyl (C=O) groups excluding carboxylic acids is 2. The molecule has 0 fully saturated rings. The van der Waals surface area contributed by atoms with Gasteiger partial charge in [-0.25, -0.2) is 12.8 Å². The summed E-state index contributed by atoms with van der Waals surface area (Å²) >= 11 is 0. The molecule has 0 unspecified atom stereocenters. The molecule has 27 heavy (non-hydrogen) atoms. The minimum atomic E-state index is -4.00. The van der Waals surface area contributed by atoms with Crippen LogP contribution in [0.15, 0.2) is 53.4 Å². The number of esters is 1. The molecule has 1 atom stereocenters. The second kappa shape index (κ2) is 8.74. The van der Waals surface area contributed by atoms with E-state index in [0.29, 0.717) is 5.69 Å². The summed E-state index contributed by atoms with van der Waals surface area (Å²) in [5.41, 5.74) is 1.51. The molecule has 9 heteroatoms. The SMILES string of the molecule is Cc1cccc(NC(=O)[C@H](C)OC(=O)CNS(=O)(=O)c2ccc(F)cc2)c1. The van der Waals surface area contributed by atoms with E-state index in [9.17, 15) is 22.4 Å². The maximum absolute atomic E-state index is 12.9. The van der Waals surface area contributed by atoms with E-state index in [1.54, 1.807) is 18.2 Å². The predicted octanol–water partition coefficient (Wildman–Crippen LogP) is 1.98. The average Bonchev–Trinajstić information content (AvgIpc) is 2.60. The molecule has 0 radical (unpaired) electrons. The van der Waals surface area contributed by atoms with Gasteiger partial charge in [-0.3, -0.25) is 9.59 Å². The van der Waals surface area contributed by atoms with Crippen molar-refractivity contribution in [1.29, 1.82) is 0 Å². The Bertz CT molecular complexity index is 929. The fourth-order valence-corrected chi connectivity index (χ4v) is 3.08. The Morgan fingerprint density at radius 3 is 2.44 bits per heavy atom. The normalized spacial score (nSPS) is 12.3. The summed E-state index contributed by atoms with van der Waals surface area (Å²) in [6, 6.07) is 11.2. The number of carbonyl (C=O) groups is 2. The van der Waals surface area contributed by atoms with Crippen molar-refractivity contribution >= 4 is 27.6 Å². The quantitative estimate of drug-likeness (QED) is 0.700. The maximum Gasteiger partial charge on any atom is 0.321 e. The molecule has 0 aliphatic heterocycles. The molecule has 2 aromatic carbocycles. The molecule has 1 amide bonds. The number of rotatable bonds is 7. The van der Waals surface area contributed by atoms with Crippen molar-refractivity contribution in [3.8, 4) is 0 Å². The number of anilines is 1. The molecule has 0 spiro atoms. The van der Waals surface area contributed by atoms with Gasteiger partial charge in [0.15, 0.2) is 6.10 Å². The van der Waals surface area contributed by atoms with E-state index in [1.807, 2.05) is 17.7 Å². The Morgan fingerprint density at radius 2 is 1.81 bits per heavy atom. The van der Waals surface area contributed by atoms with Gasteiger partial charge in [0.1, 0.15) is 12.4 Å². The second-order valence-corrected chi connectivity index (χ2v) is 7.54. The van der Waals surface area contributed by atoms with Gasteiger partial charge in [0.05, 0.1) is 4.90 Å². The molecule has 0 aromatic heterocycles. The molecule has 0 aliphatic carbocycles. The summed E-state index contributed by atoms with van der Waals surface area (Å²) in [7, 11) is -4.00. The van der Waals surface area contributed by atoms with Crippen molar-refractivity contribution < 1.29 is 27.1 Å². The molecule has 2 rings (SSSR count). The highest BCUT2D eigenvalue weighted by molar-refractivity contribution is 7.89. The predicted molar refractivity (Wildman–Crippen MR) is 97.0 cm³/mol. The highest BCUT2D eigenvalue weighted by Crippen LogP contribution is 2.11. The van der Waals surface area contributed by atoms with Crippen LogP contribution in [0, 0.1) is 12.7 Å². The zero-order chi connectivity index (χ0) is 20.0. The third-order valence-corrected chi connectivity index (χ3v) is 4.91.